The first-order valence-corrected chi connectivity index (χ1v) is 7.33. The number of anilines is 1. The smallest absolute Gasteiger partial charge is 0.382 e. The van der Waals surface area contributed by atoms with Crippen LogP contribution in [0, 0.1) is 0 Å². The zero-order valence-corrected chi connectivity index (χ0v) is 11.4. The van der Waals surface area contributed by atoms with Crippen molar-refractivity contribution in [3.63, 3.8) is 0 Å². The molecule has 3 heterocycles. The van der Waals surface area contributed by atoms with E-state index in [0.29, 0.717) is 17.0 Å². The molecule has 1 aliphatic rings. The molecule has 0 aliphatic carbocycles. The number of rotatable bonds is 4. The molecule has 4 N–H and O–H groups in total. The first-order valence-electron chi connectivity index (χ1n) is 6.08. The zero-order valence-electron chi connectivity index (χ0n) is 10.5. The van der Waals surface area contributed by atoms with E-state index in [1.807, 2.05) is 4.57 Å². The minimum absolute atomic E-state index is 0.140. The van der Waals surface area contributed by atoms with Gasteiger partial charge in [0.15, 0.2) is 11.5 Å². The van der Waals surface area contributed by atoms with E-state index in [4.69, 9.17) is 20.5 Å². The topological polar surface area (TPSA) is 131 Å². The lowest BCUT2D eigenvalue weighted by atomic mass is 10.2. The van der Waals surface area contributed by atoms with Crippen molar-refractivity contribution in [1.29, 1.82) is 0 Å². The van der Waals surface area contributed by atoms with Gasteiger partial charge < -0.3 is 10.5 Å². The van der Waals surface area contributed by atoms with Gasteiger partial charge in [0.25, 0.3) is 0 Å². The summed E-state index contributed by atoms with van der Waals surface area (Å²) in [5, 5.41) is 0. The van der Waals surface area contributed by atoms with Gasteiger partial charge in [-0.2, -0.15) is 0 Å². The molecule has 1 unspecified atom stereocenters. The van der Waals surface area contributed by atoms with E-state index in [1.54, 1.807) is 6.33 Å². The van der Waals surface area contributed by atoms with Crippen molar-refractivity contribution in [1.82, 2.24) is 19.5 Å². The van der Waals surface area contributed by atoms with Crippen molar-refractivity contribution >= 4 is 25.2 Å². The van der Waals surface area contributed by atoms with Crippen LogP contribution in [0.5, 0.6) is 0 Å². The standard InChI is InChI=1S/C10H14N6O3P/c11-9-8-10(14-4-13-9)16(5-15-8)7-2-1-6(19-7)3-18-20(12)17/h4-7H,1-3H2,(H2,12,17)(H2,11,13,14)/q+1/t6-,7+/m0/s1. The van der Waals surface area contributed by atoms with Crippen LogP contribution in [-0.2, 0) is 13.8 Å². The number of hydrogen-bond acceptors (Lipinski definition) is 7. The number of aromatic nitrogens is 4. The van der Waals surface area contributed by atoms with Gasteiger partial charge in [-0.05, 0) is 17.4 Å². The maximum atomic E-state index is 10.7. The molecule has 2 aromatic heterocycles. The summed E-state index contributed by atoms with van der Waals surface area (Å²) in [5.41, 5.74) is 12.0. The third-order valence-corrected chi connectivity index (χ3v) is 3.57. The molecule has 9 nitrogen and oxygen atoms in total. The number of ether oxygens (including phenoxy) is 1. The minimum Gasteiger partial charge on any atom is -0.382 e. The van der Waals surface area contributed by atoms with Gasteiger partial charge in [0, 0.05) is 0 Å². The van der Waals surface area contributed by atoms with Crippen LogP contribution in [-0.4, -0.2) is 32.2 Å². The number of fused-ring (bicyclic) bond motifs is 1. The lowest BCUT2D eigenvalue weighted by molar-refractivity contribution is -0.0147. The molecule has 0 spiro atoms. The van der Waals surface area contributed by atoms with Crippen LogP contribution in [0.3, 0.4) is 0 Å². The zero-order chi connectivity index (χ0) is 14.1. The molecule has 10 heteroatoms. The molecule has 1 fully saturated rings. The fourth-order valence-electron chi connectivity index (χ4n) is 2.25. The highest BCUT2D eigenvalue weighted by molar-refractivity contribution is 7.36. The highest BCUT2D eigenvalue weighted by Gasteiger charge is 2.30. The number of nitrogens with two attached hydrogens (primary N) is 2. The van der Waals surface area contributed by atoms with Crippen LogP contribution in [0.1, 0.15) is 19.1 Å². The Bertz CT molecular complexity index is 647. The molecule has 1 saturated heterocycles. The quantitative estimate of drug-likeness (QED) is 0.789. The van der Waals surface area contributed by atoms with Gasteiger partial charge in [-0.25, -0.2) is 15.0 Å². The maximum Gasteiger partial charge on any atom is 0.610 e. The average Bonchev–Trinajstić information content (AvgIpc) is 3.02. The fourth-order valence-corrected chi connectivity index (χ4v) is 2.56. The van der Waals surface area contributed by atoms with E-state index in [9.17, 15) is 4.57 Å². The van der Waals surface area contributed by atoms with Crippen molar-refractivity contribution in [2.45, 2.75) is 25.2 Å². The fraction of sp³-hybridized carbons (Fsp3) is 0.500. The molecule has 0 radical (unpaired) electrons. The summed E-state index contributed by atoms with van der Waals surface area (Å²) in [4.78, 5) is 12.3. The second kappa shape index (κ2) is 5.37. The molecular formula is C10H14N6O3P+. The summed E-state index contributed by atoms with van der Waals surface area (Å²) in [6.07, 6.45) is 4.26. The Morgan fingerprint density at radius 3 is 3.10 bits per heavy atom. The Kier molecular flexibility index (Phi) is 3.58. The Morgan fingerprint density at radius 2 is 2.30 bits per heavy atom. The molecule has 2 aromatic rings. The van der Waals surface area contributed by atoms with Crippen LogP contribution in [0.2, 0.25) is 0 Å². The van der Waals surface area contributed by atoms with Gasteiger partial charge in [0.2, 0.25) is 0 Å². The van der Waals surface area contributed by atoms with E-state index in [-0.39, 0.29) is 18.9 Å². The molecule has 0 saturated carbocycles. The number of nitrogens with zero attached hydrogens (tertiary/aromatic N) is 4. The highest BCUT2D eigenvalue weighted by Crippen LogP contribution is 2.31. The third kappa shape index (κ3) is 2.48. The molecular weight excluding hydrogens is 283 g/mol. The number of hydrogen-bond donors (Lipinski definition) is 2. The lowest BCUT2D eigenvalue weighted by Crippen LogP contribution is -2.15. The van der Waals surface area contributed by atoms with Crippen LogP contribution in [0.25, 0.3) is 11.2 Å². The van der Waals surface area contributed by atoms with E-state index in [0.717, 1.165) is 12.8 Å². The second-order valence-electron chi connectivity index (χ2n) is 4.45. The molecule has 1 aliphatic heterocycles. The molecule has 0 amide bonds. The van der Waals surface area contributed by atoms with Crippen molar-refractivity contribution in [2.24, 2.45) is 5.50 Å². The predicted molar refractivity (Wildman–Crippen MR) is 70.6 cm³/mol. The molecule has 3 atom stereocenters. The predicted octanol–water partition coefficient (Wildman–Crippen LogP) is 0.719. The minimum atomic E-state index is -2.09. The summed E-state index contributed by atoms with van der Waals surface area (Å²) in [5.74, 6) is 0.340. The Morgan fingerprint density at radius 1 is 1.45 bits per heavy atom. The normalized spacial score (nSPS) is 23.4. The Balaban J connectivity index is 1.76. The summed E-state index contributed by atoms with van der Waals surface area (Å²) in [7, 11) is -2.09. The first kappa shape index (κ1) is 13.3. The van der Waals surface area contributed by atoms with Gasteiger partial charge in [-0.1, -0.05) is 5.50 Å². The van der Waals surface area contributed by atoms with Crippen LogP contribution >= 0.6 is 8.18 Å². The lowest BCUT2D eigenvalue weighted by Gasteiger charge is -2.13. The average molecular weight is 297 g/mol. The maximum absolute atomic E-state index is 10.7. The Labute approximate surface area is 115 Å². The third-order valence-electron chi connectivity index (χ3n) is 3.17. The van der Waals surface area contributed by atoms with Crippen molar-refractivity contribution in [2.75, 3.05) is 12.3 Å². The van der Waals surface area contributed by atoms with Gasteiger partial charge >= 0.3 is 8.18 Å². The van der Waals surface area contributed by atoms with Gasteiger partial charge in [0.1, 0.15) is 24.7 Å². The Hall–Kier alpha value is -1.67. The second-order valence-corrected chi connectivity index (χ2v) is 5.28. The van der Waals surface area contributed by atoms with Crippen LogP contribution < -0.4 is 11.2 Å². The SMILES string of the molecule is Nc1ncnc2c1ncn2[C@H]1CC[C@@H](CO[P+](N)=O)O1. The van der Waals surface area contributed by atoms with Gasteiger partial charge in [0.05, 0.1) is 12.4 Å². The van der Waals surface area contributed by atoms with E-state index >= 15 is 0 Å². The van der Waals surface area contributed by atoms with Gasteiger partial charge in [-0.3, -0.25) is 4.57 Å². The van der Waals surface area contributed by atoms with Crippen LogP contribution in [0.4, 0.5) is 5.82 Å². The van der Waals surface area contributed by atoms with Gasteiger partial charge in [-0.15, -0.1) is 4.52 Å². The molecule has 0 aromatic carbocycles. The monoisotopic (exact) mass is 297 g/mol. The van der Waals surface area contributed by atoms with Crippen LogP contribution in [0.15, 0.2) is 12.7 Å². The molecule has 0 bridgehead atoms. The number of imidazole rings is 1. The summed E-state index contributed by atoms with van der Waals surface area (Å²) >= 11 is 0. The summed E-state index contributed by atoms with van der Waals surface area (Å²) in [6.45, 7) is 0.214. The van der Waals surface area contributed by atoms with Crippen molar-refractivity contribution in [3.05, 3.63) is 12.7 Å². The molecule has 20 heavy (non-hydrogen) atoms. The van der Waals surface area contributed by atoms with Crippen molar-refractivity contribution in [3.8, 4) is 0 Å². The number of nitrogen functional groups attached to an aromatic ring is 1. The summed E-state index contributed by atoms with van der Waals surface area (Å²) in [6, 6.07) is 0. The largest absolute Gasteiger partial charge is 0.610 e. The van der Waals surface area contributed by atoms with Crippen molar-refractivity contribution < 1.29 is 13.8 Å². The van der Waals surface area contributed by atoms with E-state index < -0.39 is 8.18 Å². The van der Waals surface area contributed by atoms with E-state index in [2.05, 4.69) is 15.0 Å². The first-order chi connectivity index (χ1) is 9.65. The summed E-state index contributed by atoms with van der Waals surface area (Å²) < 4.78 is 23.2. The highest BCUT2D eigenvalue weighted by atomic mass is 31.1. The molecule has 3 rings (SSSR count). The molecule has 106 valence electrons. The van der Waals surface area contributed by atoms with E-state index in [1.165, 1.54) is 6.33 Å².